The van der Waals surface area contributed by atoms with E-state index in [2.05, 4.69) is 5.32 Å². The molecular weight excluding hydrogens is 354 g/mol. The van der Waals surface area contributed by atoms with E-state index >= 15 is 0 Å². The Morgan fingerprint density at radius 3 is 2.41 bits per heavy atom. The average molecular weight is 371 g/mol. The van der Waals surface area contributed by atoms with Crippen LogP contribution in [0, 0.1) is 0 Å². The number of anilines is 1. The maximum absolute atomic E-state index is 12.3. The highest BCUT2D eigenvalue weighted by molar-refractivity contribution is 5.99. The molecule has 27 heavy (non-hydrogen) atoms. The summed E-state index contributed by atoms with van der Waals surface area (Å²) in [6, 6.07) is 9.07. The summed E-state index contributed by atoms with van der Waals surface area (Å²) < 4.78 is 15.8. The fourth-order valence-corrected chi connectivity index (χ4v) is 2.90. The van der Waals surface area contributed by atoms with Gasteiger partial charge < -0.3 is 24.6 Å². The SMILES string of the molecule is COc1ccc2c(c1OC)C(=O)OC2CC(=O)Nc1ccc(C(=O)O)cc1. The highest BCUT2D eigenvalue weighted by atomic mass is 16.6. The largest absolute Gasteiger partial charge is 0.493 e. The smallest absolute Gasteiger partial charge is 0.343 e. The number of carboxylic acid groups (broad SMARTS) is 1. The van der Waals surface area contributed by atoms with Crippen molar-refractivity contribution in [3.63, 3.8) is 0 Å². The molecule has 2 N–H and O–H groups in total. The molecule has 1 aliphatic heterocycles. The Kier molecular flexibility index (Phi) is 4.98. The molecule has 1 aliphatic rings. The number of benzene rings is 2. The molecule has 1 amide bonds. The number of methoxy groups -OCH3 is 2. The Morgan fingerprint density at radius 1 is 1.11 bits per heavy atom. The molecule has 8 heteroatoms. The van der Waals surface area contributed by atoms with Gasteiger partial charge in [0.15, 0.2) is 11.5 Å². The normalized spacial score (nSPS) is 14.9. The number of carbonyl (C=O) groups is 3. The third kappa shape index (κ3) is 3.55. The topological polar surface area (TPSA) is 111 Å². The number of carboxylic acids is 1. The Labute approximate surface area is 154 Å². The highest BCUT2D eigenvalue weighted by Gasteiger charge is 2.36. The predicted molar refractivity (Wildman–Crippen MR) is 94.4 cm³/mol. The summed E-state index contributed by atoms with van der Waals surface area (Å²) in [5, 5.41) is 11.5. The van der Waals surface area contributed by atoms with Crippen LogP contribution in [0.1, 0.15) is 38.8 Å². The highest BCUT2D eigenvalue weighted by Crippen LogP contribution is 2.43. The Balaban J connectivity index is 1.75. The fourth-order valence-electron chi connectivity index (χ4n) is 2.90. The second-order valence-electron chi connectivity index (χ2n) is 5.79. The van der Waals surface area contributed by atoms with E-state index in [1.165, 1.54) is 38.5 Å². The first-order chi connectivity index (χ1) is 12.9. The van der Waals surface area contributed by atoms with Crippen molar-refractivity contribution < 1.29 is 33.7 Å². The van der Waals surface area contributed by atoms with Crippen LogP contribution in [0.15, 0.2) is 36.4 Å². The first-order valence-corrected chi connectivity index (χ1v) is 8.03. The molecule has 3 rings (SSSR count). The number of nitrogens with one attached hydrogen (secondary N) is 1. The van der Waals surface area contributed by atoms with E-state index in [0.29, 0.717) is 17.0 Å². The number of hydrogen-bond donors (Lipinski definition) is 2. The van der Waals surface area contributed by atoms with Gasteiger partial charge in [-0.1, -0.05) is 6.07 Å². The number of amides is 1. The third-order valence-electron chi connectivity index (χ3n) is 4.16. The minimum atomic E-state index is -1.05. The molecular formula is C19H17NO7. The molecule has 140 valence electrons. The van der Waals surface area contributed by atoms with Gasteiger partial charge in [0.2, 0.25) is 5.91 Å². The standard InChI is InChI=1S/C19H17NO7/c1-25-13-8-7-12-14(27-19(24)16(12)17(13)26-2)9-15(21)20-11-5-3-10(4-6-11)18(22)23/h3-8,14H,9H2,1-2H3,(H,20,21)(H,22,23). The molecule has 0 fully saturated rings. The van der Waals surface area contributed by atoms with Crippen molar-refractivity contribution >= 4 is 23.5 Å². The number of esters is 1. The second kappa shape index (κ2) is 7.36. The van der Waals surface area contributed by atoms with Crippen molar-refractivity contribution in [3.8, 4) is 11.5 Å². The summed E-state index contributed by atoms with van der Waals surface area (Å²) in [5.74, 6) is -1.33. The summed E-state index contributed by atoms with van der Waals surface area (Å²) in [4.78, 5) is 35.4. The zero-order valence-corrected chi connectivity index (χ0v) is 14.6. The number of aromatic carboxylic acids is 1. The van der Waals surface area contributed by atoms with E-state index in [9.17, 15) is 14.4 Å². The number of carbonyl (C=O) groups excluding carboxylic acids is 2. The van der Waals surface area contributed by atoms with Crippen molar-refractivity contribution in [1.29, 1.82) is 0 Å². The monoisotopic (exact) mass is 371 g/mol. The molecule has 0 radical (unpaired) electrons. The van der Waals surface area contributed by atoms with Gasteiger partial charge in [0, 0.05) is 11.3 Å². The van der Waals surface area contributed by atoms with E-state index in [0.717, 1.165) is 0 Å². The average Bonchev–Trinajstić information content (AvgIpc) is 2.96. The van der Waals surface area contributed by atoms with Crippen LogP contribution in [0.4, 0.5) is 5.69 Å². The van der Waals surface area contributed by atoms with Crippen molar-refractivity contribution in [1.82, 2.24) is 0 Å². The Morgan fingerprint density at radius 2 is 1.81 bits per heavy atom. The van der Waals surface area contributed by atoms with E-state index < -0.39 is 18.0 Å². The lowest BCUT2D eigenvalue weighted by molar-refractivity contribution is -0.118. The summed E-state index contributed by atoms with van der Waals surface area (Å²) in [6.45, 7) is 0. The van der Waals surface area contributed by atoms with Crippen molar-refractivity contribution in [2.24, 2.45) is 0 Å². The van der Waals surface area contributed by atoms with E-state index in [1.54, 1.807) is 12.1 Å². The summed E-state index contributed by atoms with van der Waals surface area (Å²) in [5.41, 5.74) is 1.36. The second-order valence-corrected chi connectivity index (χ2v) is 5.79. The van der Waals surface area contributed by atoms with Gasteiger partial charge in [-0.25, -0.2) is 9.59 Å². The van der Waals surface area contributed by atoms with Crippen LogP contribution in [-0.2, 0) is 9.53 Å². The first kappa shape index (κ1) is 18.2. The number of hydrogen-bond acceptors (Lipinski definition) is 6. The summed E-state index contributed by atoms with van der Waals surface area (Å²) >= 11 is 0. The lowest BCUT2D eigenvalue weighted by Gasteiger charge is -2.12. The number of cyclic esters (lactones) is 1. The van der Waals surface area contributed by atoms with Crippen LogP contribution in [0.25, 0.3) is 0 Å². The van der Waals surface area contributed by atoms with Gasteiger partial charge >= 0.3 is 11.9 Å². The number of ether oxygens (including phenoxy) is 3. The minimum Gasteiger partial charge on any atom is -0.493 e. The molecule has 0 aromatic heterocycles. The maximum Gasteiger partial charge on any atom is 0.343 e. The van der Waals surface area contributed by atoms with Crippen molar-refractivity contribution in [2.75, 3.05) is 19.5 Å². The van der Waals surface area contributed by atoms with Gasteiger partial charge in [0.25, 0.3) is 0 Å². The Bertz CT molecular complexity index is 905. The molecule has 1 atom stereocenters. The third-order valence-corrected chi connectivity index (χ3v) is 4.16. The molecule has 0 saturated heterocycles. The van der Waals surface area contributed by atoms with Crippen LogP contribution in [0.5, 0.6) is 11.5 Å². The van der Waals surface area contributed by atoms with E-state index in [1.807, 2.05) is 0 Å². The summed E-state index contributed by atoms with van der Waals surface area (Å²) in [7, 11) is 2.89. The molecule has 1 heterocycles. The fraction of sp³-hybridized carbons (Fsp3) is 0.211. The molecule has 8 nitrogen and oxygen atoms in total. The molecule has 0 aliphatic carbocycles. The molecule has 0 bridgehead atoms. The van der Waals surface area contributed by atoms with Crippen LogP contribution in [-0.4, -0.2) is 37.2 Å². The van der Waals surface area contributed by atoms with Gasteiger partial charge in [-0.2, -0.15) is 0 Å². The molecule has 2 aromatic rings. The van der Waals surface area contributed by atoms with Crippen molar-refractivity contribution in [2.45, 2.75) is 12.5 Å². The van der Waals surface area contributed by atoms with Crippen LogP contribution in [0.2, 0.25) is 0 Å². The minimum absolute atomic E-state index is 0.0884. The first-order valence-electron chi connectivity index (χ1n) is 8.03. The zero-order chi connectivity index (χ0) is 19.6. The maximum atomic E-state index is 12.3. The van der Waals surface area contributed by atoms with Gasteiger partial charge in [0.05, 0.1) is 26.2 Å². The lowest BCUT2D eigenvalue weighted by Crippen LogP contribution is -2.15. The van der Waals surface area contributed by atoms with Gasteiger partial charge in [0.1, 0.15) is 11.7 Å². The van der Waals surface area contributed by atoms with Gasteiger partial charge in [-0.3, -0.25) is 4.79 Å². The summed E-state index contributed by atoms with van der Waals surface area (Å²) in [6.07, 6.45) is -0.833. The number of fused-ring (bicyclic) bond motifs is 1. The van der Waals surface area contributed by atoms with E-state index in [-0.39, 0.29) is 29.2 Å². The molecule has 0 saturated carbocycles. The molecule has 0 spiro atoms. The van der Waals surface area contributed by atoms with E-state index in [4.69, 9.17) is 19.3 Å². The van der Waals surface area contributed by atoms with Crippen molar-refractivity contribution in [3.05, 3.63) is 53.1 Å². The quantitative estimate of drug-likeness (QED) is 0.751. The molecule has 2 aromatic carbocycles. The van der Waals surface area contributed by atoms with Crippen LogP contribution < -0.4 is 14.8 Å². The Hall–Kier alpha value is -3.55. The van der Waals surface area contributed by atoms with Gasteiger partial charge in [-0.05, 0) is 30.3 Å². The van der Waals surface area contributed by atoms with Crippen LogP contribution >= 0.6 is 0 Å². The lowest BCUT2D eigenvalue weighted by atomic mass is 10.0. The van der Waals surface area contributed by atoms with Gasteiger partial charge in [-0.15, -0.1) is 0 Å². The van der Waals surface area contributed by atoms with Crippen LogP contribution in [0.3, 0.4) is 0 Å². The number of rotatable bonds is 6. The zero-order valence-electron chi connectivity index (χ0n) is 14.6. The predicted octanol–water partition coefficient (Wildman–Crippen LogP) is 2.64. The molecule has 1 unspecified atom stereocenters.